The van der Waals surface area contributed by atoms with Crippen LogP contribution >= 0.6 is 0 Å². The number of hydrogen-bond acceptors (Lipinski definition) is 2. The normalized spacial score (nSPS) is 23.3. The van der Waals surface area contributed by atoms with E-state index in [4.69, 9.17) is 12.2 Å². The Bertz CT molecular complexity index is 215. The summed E-state index contributed by atoms with van der Waals surface area (Å²) < 4.78 is 0. The van der Waals surface area contributed by atoms with Gasteiger partial charge in [0, 0.05) is 12.1 Å². The van der Waals surface area contributed by atoms with Gasteiger partial charge in [0.2, 0.25) is 0 Å². The molecule has 0 aromatic rings. The SMILES string of the molecule is C#CC(C)NC(C)(CN)CC1CCC1. The number of terminal acetylenes is 1. The second-order valence-electron chi connectivity index (χ2n) is 4.80. The van der Waals surface area contributed by atoms with Crippen molar-refractivity contribution in [3.8, 4) is 12.3 Å². The van der Waals surface area contributed by atoms with Crippen molar-refractivity contribution in [1.29, 1.82) is 0 Å². The first-order valence-electron chi connectivity index (χ1n) is 5.53. The average molecular weight is 194 g/mol. The molecule has 0 amide bonds. The maximum absolute atomic E-state index is 5.81. The third-order valence-electron chi connectivity index (χ3n) is 3.23. The fourth-order valence-corrected chi connectivity index (χ4v) is 2.10. The lowest BCUT2D eigenvalue weighted by atomic mass is 9.76. The van der Waals surface area contributed by atoms with E-state index in [0.717, 1.165) is 12.3 Å². The number of rotatable bonds is 5. The summed E-state index contributed by atoms with van der Waals surface area (Å²) in [4.78, 5) is 0. The van der Waals surface area contributed by atoms with E-state index in [1.165, 1.54) is 19.3 Å². The summed E-state index contributed by atoms with van der Waals surface area (Å²) in [5.41, 5.74) is 5.83. The predicted molar refractivity (Wildman–Crippen MR) is 60.8 cm³/mol. The minimum Gasteiger partial charge on any atom is -0.329 e. The molecular weight excluding hydrogens is 172 g/mol. The van der Waals surface area contributed by atoms with Gasteiger partial charge in [-0.3, -0.25) is 5.32 Å². The molecule has 1 aliphatic rings. The first-order valence-corrected chi connectivity index (χ1v) is 5.53. The first kappa shape index (κ1) is 11.6. The Morgan fingerprint density at radius 2 is 2.29 bits per heavy atom. The average Bonchev–Trinajstić information content (AvgIpc) is 2.11. The van der Waals surface area contributed by atoms with Crippen LogP contribution in [0.15, 0.2) is 0 Å². The lowest BCUT2D eigenvalue weighted by Gasteiger charge is -2.38. The van der Waals surface area contributed by atoms with E-state index < -0.39 is 0 Å². The number of hydrogen-bond donors (Lipinski definition) is 2. The van der Waals surface area contributed by atoms with E-state index in [2.05, 4.69) is 18.2 Å². The summed E-state index contributed by atoms with van der Waals surface area (Å²) >= 11 is 0. The molecule has 0 aliphatic heterocycles. The Hall–Kier alpha value is -0.520. The molecule has 2 atom stereocenters. The fraction of sp³-hybridized carbons (Fsp3) is 0.833. The quantitative estimate of drug-likeness (QED) is 0.651. The predicted octanol–water partition coefficient (Wildman–Crippen LogP) is 1.51. The van der Waals surface area contributed by atoms with Gasteiger partial charge in [0.15, 0.2) is 0 Å². The van der Waals surface area contributed by atoms with E-state index >= 15 is 0 Å². The summed E-state index contributed by atoms with van der Waals surface area (Å²) in [6, 6.07) is 0.114. The molecule has 1 aliphatic carbocycles. The highest BCUT2D eigenvalue weighted by atomic mass is 15.0. The lowest BCUT2D eigenvalue weighted by Crippen LogP contribution is -2.53. The smallest absolute Gasteiger partial charge is 0.0662 e. The maximum atomic E-state index is 5.81. The molecular formula is C12H22N2. The molecule has 80 valence electrons. The van der Waals surface area contributed by atoms with Crippen LogP contribution in [0.5, 0.6) is 0 Å². The Morgan fingerprint density at radius 3 is 2.64 bits per heavy atom. The van der Waals surface area contributed by atoms with Crippen LogP contribution in [0.1, 0.15) is 39.5 Å². The number of nitrogens with one attached hydrogen (secondary N) is 1. The molecule has 2 heteroatoms. The van der Waals surface area contributed by atoms with Crippen LogP contribution in [0, 0.1) is 18.3 Å². The van der Waals surface area contributed by atoms with Gasteiger partial charge in [-0.25, -0.2) is 0 Å². The van der Waals surface area contributed by atoms with E-state index in [1.807, 2.05) is 6.92 Å². The van der Waals surface area contributed by atoms with E-state index in [0.29, 0.717) is 6.54 Å². The Balaban J connectivity index is 2.43. The van der Waals surface area contributed by atoms with Crippen molar-refractivity contribution in [2.24, 2.45) is 11.7 Å². The molecule has 0 saturated heterocycles. The van der Waals surface area contributed by atoms with Crippen LogP contribution in [0.25, 0.3) is 0 Å². The maximum Gasteiger partial charge on any atom is 0.0662 e. The Labute approximate surface area is 87.6 Å². The lowest BCUT2D eigenvalue weighted by molar-refractivity contribution is 0.203. The third-order valence-corrected chi connectivity index (χ3v) is 3.23. The van der Waals surface area contributed by atoms with Gasteiger partial charge in [-0.15, -0.1) is 6.42 Å². The van der Waals surface area contributed by atoms with Crippen molar-refractivity contribution in [3.05, 3.63) is 0 Å². The van der Waals surface area contributed by atoms with Crippen LogP contribution in [0.2, 0.25) is 0 Å². The molecule has 1 fully saturated rings. The summed E-state index contributed by atoms with van der Waals surface area (Å²) in [6.45, 7) is 4.85. The third kappa shape index (κ3) is 3.01. The van der Waals surface area contributed by atoms with Crippen LogP contribution in [-0.4, -0.2) is 18.1 Å². The molecule has 0 heterocycles. The van der Waals surface area contributed by atoms with Crippen LogP contribution in [-0.2, 0) is 0 Å². The largest absolute Gasteiger partial charge is 0.329 e. The second kappa shape index (κ2) is 4.82. The second-order valence-corrected chi connectivity index (χ2v) is 4.80. The molecule has 0 aromatic heterocycles. The van der Waals surface area contributed by atoms with Crippen LogP contribution < -0.4 is 11.1 Å². The minimum absolute atomic E-state index is 0.0247. The standard InChI is InChI=1S/C12H22N2/c1-4-10(2)14-12(3,9-13)8-11-6-5-7-11/h1,10-11,14H,5-9,13H2,2-3H3. The van der Waals surface area contributed by atoms with Crippen molar-refractivity contribution in [2.75, 3.05) is 6.54 Å². The zero-order valence-corrected chi connectivity index (χ0v) is 9.34. The van der Waals surface area contributed by atoms with Gasteiger partial charge in [0.25, 0.3) is 0 Å². The topological polar surface area (TPSA) is 38.0 Å². The molecule has 2 unspecified atom stereocenters. The molecule has 14 heavy (non-hydrogen) atoms. The highest BCUT2D eigenvalue weighted by molar-refractivity contribution is 5.01. The van der Waals surface area contributed by atoms with Crippen molar-refractivity contribution in [2.45, 2.75) is 51.1 Å². The van der Waals surface area contributed by atoms with E-state index in [1.54, 1.807) is 0 Å². The van der Waals surface area contributed by atoms with Crippen LogP contribution in [0.4, 0.5) is 0 Å². The van der Waals surface area contributed by atoms with Crippen molar-refractivity contribution in [3.63, 3.8) is 0 Å². The molecule has 0 spiro atoms. The van der Waals surface area contributed by atoms with Crippen molar-refractivity contribution >= 4 is 0 Å². The van der Waals surface area contributed by atoms with Gasteiger partial charge in [-0.2, -0.15) is 0 Å². The Kier molecular flexibility index (Phi) is 3.97. The summed E-state index contributed by atoms with van der Waals surface area (Å²) in [7, 11) is 0. The van der Waals surface area contributed by atoms with Crippen molar-refractivity contribution < 1.29 is 0 Å². The van der Waals surface area contributed by atoms with E-state index in [-0.39, 0.29) is 11.6 Å². The van der Waals surface area contributed by atoms with Gasteiger partial charge >= 0.3 is 0 Å². The zero-order valence-electron chi connectivity index (χ0n) is 9.34. The highest BCUT2D eigenvalue weighted by Gasteiger charge is 2.30. The first-order chi connectivity index (χ1) is 6.59. The molecule has 0 aromatic carbocycles. The number of nitrogens with two attached hydrogens (primary N) is 1. The van der Waals surface area contributed by atoms with Gasteiger partial charge in [0.05, 0.1) is 6.04 Å². The monoisotopic (exact) mass is 194 g/mol. The van der Waals surface area contributed by atoms with Gasteiger partial charge in [0.1, 0.15) is 0 Å². The summed E-state index contributed by atoms with van der Waals surface area (Å²) in [5.74, 6) is 3.56. The van der Waals surface area contributed by atoms with Gasteiger partial charge in [-0.05, 0) is 26.2 Å². The van der Waals surface area contributed by atoms with Gasteiger partial charge < -0.3 is 5.73 Å². The molecule has 2 nitrogen and oxygen atoms in total. The fourth-order valence-electron chi connectivity index (χ4n) is 2.10. The van der Waals surface area contributed by atoms with E-state index in [9.17, 15) is 0 Å². The molecule has 1 rings (SSSR count). The van der Waals surface area contributed by atoms with Crippen LogP contribution in [0.3, 0.4) is 0 Å². The minimum atomic E-state index is 0.0247. The van der Waals surface area contributed by atoms with Crippen molar-refractivity contribution in [1.82, 2.24) is 5.32 Å². The summed E-state index contributed by atoms with van der Waals surface area (Å²) in [5, 5.41) is 3.43. The Morgan fingerprint density at radius 1 is 1.64 bits per heavy atom. The molecule has 0 bridgehead atoms. The molecule has 0 radical (unpaired) electrons. The van der Waals surface area contributed by atoms with Gasteiger partial charge in [-0.1, -0.05) is 25.2 Å². The summed E-state index contributed by atoms with van der Waals surface area (Å²) in [6.07, 6.45) is 10.6. The molecule has 3 N–H and O–H groups in total. The zero-order chi connectivity index (χ0) is 10.6. The highest BCUT2D eigenvalue weighted by Crippen LogP contribution is 2.33. The molecule has 1 saturated carbocycles.